The van der Waals surface area contributed by atoms with E-state index >= 15 is 0 Å². The van der Waals surface area contributed by atoms with Gasteiger partial charge < -0.3 is 5.11 Å². The van der Waals surface area contributed by atoms with Crippen molar-refractivity contribution in [1.82, 2.24) is 0 Å². The minimum absolute atomic E-state index is 0.354. The molecule has 0 aromatic heterocycles. The summed E-state index contributed by atoms with van der Waals surface area (Å²) in [7, 11) is 0. The fourth-order valence-corrected chi connectivity index (χ4v) is 2.29. The molecular formula is C11H22O. The molecule has 1 rings (SSSR count). The number of aliphatic hydroxyl groups is 1. The van der Waals surface area contributed by atoms with E-state index in [1.807, 2.05) is 6.92 Å². The second kappa shape index (κ2) is 4.27. The van der Waals surface area contributed by atoms with Gasteiger partial charge in [0.2, 0.25) is 0 Å². The summed E-state index contributed by atoms with van der Waals surface area (Å²) in [6.45, 7) is 4.24. The fraction of sp³-hybridized carbons (Fsp3) is 1.00. The molecule has 0 amide bonds. The topological polar surface area (TPSA) is 20.2 Å². The molecule has 0 saturated heterocycles. The van der Waals surface area contributed by atoms with Crippen LogP contribution in [0.2, 0.25) is 0 Å². The Balaban J connectivity index is 2.37. The third-order valence-electron chi connectivity index (χ3n) is 3.27. The maximum atomic E-state index is 10.1. The van der Waals surface area contributed by atoms with Gasteiger partial charge in [-0.05, 0) is 32.1 Å². The van der Waals surface area contributed by atoms with E-state index in [1.165, 1.54) is 38.5 Å². The van der Waals surface area contributed by atoms with E-state index in [-0.39, 0.29) is 5.60 Å². The van der Waals surface area contributed by atoms with Crippen LogP contribution in [0.4, 0.5) is 0 Å². The van der Waals surface area contributed by atoms with Crippen molar-refractivity contribution in [2.75, 3.05) is 0 Å². The van der Waals surface area contributed by atoms with Crippen molar-refractivity contribution in [2.45, 2.75) is 64.4 Å². The maximum Gasteiger partial charge on any atom is 0.0647 e. The Morgan fingerprint density at radius 1 is 1.42 bits per heavy atom. The van der Waals surface area contributed by atoms with Crippen molar-refractivity contribution in [3.8, 4) is 0 Å². The van der Waals surface area contributed by atoms with E-state index in [9.17, 15) is 5.11 Å². The van der Waals surface area contributed by atoms with Gasteiger partial charge >= 0.3 is 0 Å². The van der Waals surface area contributed by atoms with Crippen LogP contribution in [0.25, 0.3) is 0 Å². The molecule has 0 bridgehead atoms. The number of rotatable bonds is 3. The summed E-state index contributed by atoms with van der Waals surface area (Å²) in [5.74, 6) is 0.575. The molecule has 1 N–H and O–H groups in total. The molecule has 1 fully saturated rings. The standard InChI is InChI=1S/C11H22O/c1-3-4-7-10-8-5-6-9-11(10,2)12/h10,12H,3-9H2,1-2H3/t10-,11-/m0/s1. The van der Waals surface area contributed by atoms with Crippen molar-refractivity contribution >= 4 is 0 Å². The molecule has 0 spiro atoms. The highest BCUT2D eigenvalue weighted by molar-refractivity contribution is 4.85. The zero-order chi connectivity index (χ0) is 9.03. The Labute approximate surface area is 76.2 Å². The van der Waals surface area contributed by atoms with Gasteiger partial charge in [0.15, 0.2) is 0 Å². The first-order chi connectivity index (χ1) is 5.67. The van der Waals surface area contributed by atoms with E-state index in [0.29, 0.717) is 5.92 Å². The molecule has 0 aromatic carbocycles. The third-order valence-corrected chi connectivity index (χ3v) is 3.27. The van der Waals surface area contributed by atoms with Crippen molar-refractivity contribution < 1.29 is 5.11 Å². The van der Waals surface area contributed by atoms with E-state index < -0.39 is 0 Å². The Hall–Kier alpha value is -0.0400. The molecule has 0 aliphatic heterocycles. The average molecular weight is 170 g/mol. The van der Waals surface area contributed by atoms with Crippen LogP contribution in [0.1, 0.15) is 58.8 Å². The molecular weight excluding hydrogens is 148 g/mol. The molecule has 0 aromatic rings. The summed E-state index contributed by atoms with van der Waals surface area (Å²) >= 11 is 0. The summed E-state index contributed by atoms with van der Waals surface area (Å²) in [5.41, 5.74) is -0.354. The lowest BCUT2D eigenvalue weighted by Crippen LogP contribution is -2.37. The van der Waals surface area contributed by atoms with Crippen LogP contribution in [0, 0.1) is 5.92 Å². The minimum Gasteiger partial charge on any atom is -0.390 e. The lowest BCUT2D eigenvalue weighted by Gasteiger charge is -2.37. The number of unbranched alkanes of at least 4 members (excludes halogenated alkanes) is 1. The van der Waals surface area contributed by atoms with E-state index in [4.69, 9.17) is 0 Å². The van der Waals surface area contributed by atoms with Crippen molar-refractivity contribution in [3.05, 3.63) is 0 Å². The lowest BCUT2D eigenvalue weighted by atomic mass is 9.74. The van der Waals surface area contributed by atoms with Gasteiger partial charge in [-0.15, -0.1) is 0 Å². The first-order valence-corrected chi connectivity index (χ1v) is 5.39. The van der Waals surface area contributed by atoms with Gasteiger partial charge in [0.1, 0.15) is 0 Å². The van der Waals surface area contributed by atoms with Gasteiger partial charge in [0, 0.05) is 0 Å². The van der Waals surface area contributed by atoms with Gasteiger partial charge in [-0.3, -0.25) is 0 Å². The Morgan fingerprint density at radius 2 is 2.17 bits per heavy atom. The summed E-state index contributed by atoms with van der Waals surface area (Å²) in [4.78, 5) is 0. The van der Waals surface area contributed by atoms with Crippen molar-refractivity contribution in [3.63, 3.8) is 0 Å². The number of hydrogen-bond acceptors (Lipinski definition) is 1. The predicted octanol–water partition coefficient (Wildman–Crippen LogP) is 3.12. The van der Waals surface area contributed by atoms with Crippen LogP contribution in [-0.2, 0) is 0 Å². The molecule has 1 nitrogen and oxygen atoms in total. The van der Waals surface area contributed by atoms with E-state index in [2.05, 4.69) is 6.92 Å². The molecule has 1 aliphatic carbocycles. The van der Waals surface area contributed by atoms with Crippen LogP contribution in [0.5, 0.6) is 0 Å². The summed E-state index contributed by atoms with van der Waals surface area (Å²) in [5, 5.41) is 10.1. The monoisotopic (exact) mass is 170 g/mol. The molecule has 1 heteroatoms. The molecule has 2 atom stereocenters. The Morgan fingerprint density at radius 3 is 2.75 bits per heavy atom. The van der Waals surface area contributed by atoms with Gasteiger partial charge in [0.05, 0.1) is 5.60 Å². The van der Waals surface area contributed by atoms with Gasteiger partial charge in [-0.1, -0.05) is 32.6 Å². The van der Waals surface area contributed by atoms with E-state index in [1.54, 1.807) is 0 Å². The second-order valence-corrected chi connectivity index (χ2v) is 4.44. The third kappa shape index (κ3) is 2.48. The first-order valence-electron chi connectivity index (χ1n) is 5.39. The smallest absolute Gasteiger partial charge is 0.0647 e. The molecule has 72 valence electrons. The highest BCUT2D eigenvalue weighted by Gasteiger charge is 2.33. The molecule has 12 heavy (non-hydrogen) atoms. The zero-order valence-corrected chi connectivity index (χ0v) is 8.47. The second-order valence-electron chi connectivity index (χ2n) is 4.44. The van der Waals surface area contributed by atoms with Crippen LogP contribution >= 0.6 is 0 Å². The van der Waals surface area contributed by atoms with Crippen molar-refractivity contribution in [1.29, 1.82) is 0 Å². The molecule has 0 radical (unpaired) electrons. The van der Waals surface area contributed by atoms with Crippen LogP contribution < -0.4 is 0 Å². The van der Waals surface area contributed by atoms with Crippen LogP contribution in [0.3, 0.4) is 0 Å². The van der Waals surface area contributed by atoms with Gasteiger partial charge in [-0.25, -0.2) is 0 Å². The highest BCUT2D eigenvalue weighted by Crippen LogP contribution is 2.36. The lowest BCUT2D eigenvalue weighted by molar-refractivity contribution is -0.0355. The molecule has 1 aliphatic rings. The summed E-state index contributed by atoms with van der Waals surface area (Å²) in [6, 6.07) is 0. The van der Waals surface area contributed by atoms with Crippen LogP contribution in [0.15, 0.2) is 0 Å². The quantitative estimate of drug-likeness (QED) is 0.690. The Kier molecular flexibility index (Phi) is 3.57. The maximum absolute atomic E-state index is 10.1. The highest BCUT2D eigenvalue weighted by atomic mass is 16.3. The predicted molar refractivity (Wildman–Crippen MR) is 52.1 cm³/mol. The summed E-state index contributed by atoms with van der Waals surface area (Å²) < 4.78 is 0. The molecule has 1 saturated carbocycles. The Bertz CT molecular complexity index is 129. The number of hydrogen-bond donors (Lipinski definition) is 1. The van der Waals surface area contributed by atoms with Gasteiger partial charge in [0.25, 0.3) is 0 Å². The first kappa shape index (κ1) is 10.0. The molecule has 0 unspecified atom stereocenters. The zero-order valence-electron chi connectivity index (χ0n) is 8.47. The largest absolute Gasteiger partial charge is 0.390 e. The normalized spacial score (nSPS) is 36.8. The van der Waals surface area contributed by atoms with Crippen LogP contribution in [-0.4, -0.2) is 10.7 Å². The van der Waals surface area contributed by atoms with Crippen molar-refractivity contribution in [2.24, 2.45) is 5.92 Å². The molecule has 0 heterocycles. The fourth-order valence-electron chi connectivity index (χ4n) is 2.29. The SMILES string of the molecule is CCCC[C@H]1CCCC[C@]1(C)O. The minimum atomic E-state index is -0.354. The van der Waals surface area contributed by atoms with Gasteiger partial charge in [-0.2, -0.15) is 0 Å². The average Bonchev–Trinajstić information content (AvgIpc) is 2.02. The van der Waals surface area contributed by atoms with E-state index in [0.717, 1.165) is 6.42 Å². The summed E-state index contributed by atoms with van der Waals surface area (Å²) in [6.07, 6.45) is 8.56.